The molecular weight excluding hydrogens is 202 g/mol. The summed E-state index contributed by atoms with van der Waals surface area (Å²) in [7, 11) is 1.28. The minimum atomic E-state index is -0.518. The van der Waals surface area contributed by atoms with Gasteiger partial charge >= 0.3 is 5.97 Å². The normalized spacial score (nSPS) is 9.29. The lowest BCUT2D eigenvalue weighted by molar-refractivity contribution is 0.0599. The van der Waals surface area contributed by atoms with Gasteiger partial charge in [0, 0.05) is 5.02 Å². The highest BCUT2D eigenvalue weighted by Gasteiger charge is 2.15. The Morgan fingerprint density at radius 2 is 2.21 bits per heavy atom. The number of ether oxygens (including phenoxy) is 1. The largest absolute Gasteiger partial charge is 0.465 e. The van der Waals surface area contributed by atoms with Gasteiger partial charge in [-0.1, -0.05) is 11.6 Å². The van der Waals surface area contributed by atoms with Gasteiger partial charge in [-0.2, -0.15) is 5.26 Å². The van der Waals surface area contributed by atoms with Gasteiger partial charge in [-0.25, -0.2) is 4.79 Å². The molecule has 0 amide bonds. The summed E-state index contributed by atoms with van der Waals surface area (Å²) in [4.78, 5) is 11.3. The van der Waals surface area contributed by atoms with E-state index < -0.39 is 5.97 Å². The van der Waals surface area contributed by atoms with Gasteiger partial charge in [0.2, 0.25) is 0 Å². The van der Waals surface area contributed by atoms with Crippen LogP contribution in [-0.4, -0.2) is 13.1 Å². The van der Waals surface area contributed by atoms with E-state index in [1.54, 1.807) is 13.0 Å². The van der Waals surface area contributed by atoms with Crippen molar-refractivity contribution < 1.29 is 9.53 Å². The van der Waals surface area contributed by atoms with Crippen LogP contribution in [0.3, 0.4) is 0 Å². The Bertz CT molecular complexity index is 421. The van der Waals surface area contributed by atoms with Crippen molar-refractivity contribution in [3.05, 3.63) is 33.8 Å². The Kier molecular flexibility index (Phi) is 3.10. The molecule has 0 radical (unpaired) electrons. The number of rotatable bonds is 1. The van der Waals surface area contributed by atoms with Crippen molar-refractivity contribution in [1.82, 2.24) is 0 Å². The molecule has 0 N–H and O–H groups in total. The first-order valence-electron chi connectivity index (χ1n) is 3.88. The van der Waals surface area contributed by atoms with Crippen LogP contribution in [0.4, 0.5) is 0 Å². The van der Waals surface area contributed by atoms with Crippen LogP contribution >= 0.6 is 11.6 Å². The van der Waals surface area contributed by atoms with Crippen LogP contribution in [0.2, 0.25) is 5.02 Å². The fourth-order valence-corrected chi connectivity index (χ4v) is 1.48. The summed E-state index contributed by atoms with van der Waals surface area (Å²) in [5.74, 6) is -0.518. The minimum absolute atomic E-state index is 0.238. The third kappa shape index (κ3) is 1.86. The van der Waals surface area contributed by atoms with Crippen LogP contribution in [0.5, 0.6) is 0 Å². The van der Waals surface area contributed by atoms with E-state index >= 15 is 0 Å². The van der Waals surface area contributed by atoms with Gasteiger partial charge in [-0.05, 0) is 24.6 Å². The predicted molar refractivity (Wildman–Crippen MR) is 52.2 cm³/mol. The van der Waals surface area contributed by atoms with Crippen molar-refractivity contribution in [2.45, 2.75) is 6.92 Å². The topological polar surface area (TPSA) is 50.1 Å². The quantitative estimate of drug-likeness (QED) is 0.667. The molecule has 1 aromatic rings. The minimum Gasteiger partial charge on any atom is -0.465 e. The maximum absolute atomic E-state index is 11.3. The molecule has 0 heterocycles. The standard InChI is InChI=1S/C10H8ClNO2/c1-6-3-8(11)4-7(5-12)9(6)10(13)14-2/h3-4H,1-2H3. The molecule has 0 atom stereocenters. The molecule has 0 aromatic heterocycles. The summed E-state index contributed by atoms with van der Waals surface area (Å²) in [6, 6.07) is 4.97. The number of benzene rings is 1. The summed E-state index contributed by atoms with van der Waals surface area (Å²) in [5.41, 5.74) is 1.15. The van der Waals surface area contributed by atoms with E-state index in [2.05, 4.69) is 4.74 Å². The zero-order valence-corrected chi connectivity index (χ0v) is 8.55. The van der Waals surface area contributed by atoms with Gasteiger partial charge < -0.3 is 4.74 Å². The average Bonchev–Trinajstić information content (AvgIpc) is 2.15. The molecule has 0 saturated heterocycles. The highest BCUT2D eigenvalue weighted by atomic mass is 35.5. The number of carbonyl (C=O) groups is 1. The van der Waals surface area contributed by atoms with Crippen molar-refractivity contribution in [3.8, 4) is 6.07 Å². The number of halogens is 1. The fourth-order valence-electron chi connectivity index (χ4n) is 1.20. The second-order valence-corrected chi connectivity index (χ2v) is 3.19. The number of methoxy groups -OCH3 is 1. The summed E-state index contributed by atoms with van der Waals surface area (Å²) < 4.78 is 4.57. The van der Waals surface area contributed by atoms with E-state index in [1.807, 2.05) is 6.07 Å². The maximum atomic E-state index is 11.3. The number of hydrogen-bond donors (Lipinski definition) is 0. The van der Waals surface area contributed by atoms with Crippen molar-refractivity contribution in [2.24, 2.45) is 0 Å². The molecule has 0 unspecified atom stereocenters. The van der Waals surface area contributed by atoms with E-state index in [4.69, 9.17) is 16.9 Å². The second-order valence-electron chi connectivity index (χ2n) is 2.75. The molecule has 1 aromatic carbocycles. The molecule has 72 valence electrons. The number of carbonyl (C=O) groups excluding carboxylic acids is 1. The predicted octanol–water partition coefficient (Wildman–Crippen LogP) is 2.31. The molecule has 0 saturated carbocycles. The lowest BCUT2D eigenvalue weighted by Gasteiger charge is -2.05. The molecular formula is C10H8ClNO2. The van der Waals surface area contributed by atoms with Gasteiger partial charge in [0.15, 0.2) is 0 Å². The van der Waals surface area contributed by atoms with Gasteiger partial charge in [0.25, 0.3) is 0 Å². The number of esters is 1. The Balaban J connectivity index is 3.42. The van der Waals surface area contributed by atoms with E-state index in [-0.39, 0.29) is 11.1 Å². The number of hydrogen-bond acceptors (Lipinski definition) is 3. The Morgan fingerprint density at radius 1 is 1.57 bits per heavy atom. The van der Waals surface area contributed by atoms with Gasteiger partial charge in [-0.15, -0.1) is 0 Å². The molecule has 0 aliphatic carbocycles. The smallest absolute Gasteiger partial charge is 0.339 e. The lowest BCUT2D eigenvalue weighted by Crippen LogP contribution is -2.06. The third-order valence-electron chi connectivity index (χ3n) is 1.81. The van der Waals surface area contributed by atoms with Crippen LogP contribution < -0.4 is 0 Å². The highest BCUT2D eigenvalue weighted by Crippen LogP contribution is 2.20. The Labute approximate surface area is 86.9 Å². The summed E-state index contributed by atoms with van der Waals surface area (Å²) in [6.07, 6.45) is 0. The van der Waals surface area contributed by atoms with E-state index in [0.29, 0.717) is 10.6 Å². The molecule has 14 heavy (non-hydrogen) atoms. The third-order valence-corrected chi connectivity index (χ3v) is 2.03. The van der Waals surface area contributed by atoms with E-state index in [1.165, 1.54) is 13.2 Å². The first-order valence-corrected chi connectivity index (χ1v) is 4.26. The Morgan fingerprint density at radius 3 is 2.71 bits per heavy atom. The number of aryl methyl sites for hydroxylation is 1. The number of nitrogens with zero attached hydrogens (tertiary/aromatic N) is 1. The van der Waals surface area contributed by atoms with Crippen molar-refractivity contribution in [1.29, 1.82) is 5.26 Å². The monoisotopic (exact) mass is 209 g/mol. The molecule has 4 heteroatoms. The van der Waals surface area contributed by atoms with Gasteiger partial charge in [-0.3, -0.25) is 0 Å². The molecule has 0 spiro atoms. The van der Waals surface area contributed by atoms with E-state index in [0.717, 1.165) is 0 Å². The summed E-state index contributed by atoms with van der Waals surface area (Å²) >= 11 is 5.75. The molecule has 0 fully saturated rings. The van der Waals surface area contributed by atoms with Crippen molar-refractivity contribution >= 4 is 17.6 Å². The van der Waals surface area contributed by atoms with Crippen molar-refractivity contribution in [3.63, 3.8) is 0 Å². The van der Waals surface area contributed by atoms with Crippen LogP contribution in [0, 0.1) is 18.3 Å². The molecule has 0 bridgehead atoms. The molecule has 3 nitrogen and oxygen atoms in total. The summed E-state index contributed by atoms with van der Waals surface area (Å²) in [5, 5.41) is 9.23. The zero-order chi connectivity index (χ0) is 10.7. The first-order chi connectivity index (χ1) is 6.60. The van der Waals surface area contributed by atoms with E-state index in [9.17, 15) is 4.79 Å². The molecule has 0 aliphatic heterocycles. The van der Waals surface area contributed by atoms with Gasteiger partial charge in [0.05, 0.1) is 18.2 Å². The SMILES string of the molecule is COC(=O)c1c(C)cc(Cl)cc1C#N. The summed E-state index contributed by atoms with van der Waals surface area (Å²) in [6.45, 7) is 1.71. The average molecular weight is 210 g/mol. The van der Waals surface area contributed by atoms with Crippen molar-refractivity contribution in [2.75, 3.05) is 7.11 Å². The maximum Gasteiger partial charge on any atom is 0.339 e. The van der Waals surface area contributed by atoms with Crippen LogP contribution in [-0.2, 0) is 4.74 Å². The fraction of sp³-hybridized carbons (Fsp3) is 0.200. The first kappa shape index (κ1) is 10.6. The van der Waals surface area contributed by atoms with Gasteiger partial charge in [0.1, 0.15) is 6.07 Å². The number of nitriles is 1. The van der Waals surface area contributed by atoms with Crippen LogP contribution in [0.1, 0.15) is 21.5 Å². The zero-order valence-electron chi connectivity index (χ0n) is 7.80. The Hall–Kier alpha value is -1.53. The van der Waals surface area contributed by atoms with Crippen LogP contribution in [0.15, 0.2) is 12.1 Å². The van der Waals surface area contributed by atoms with Crippen LogP contribution in [0.25, 0.3) is 0 Å². The lowest BCUT2D eigenvalue weighted by atomic mass is 10.0. The molecule has 0 aliphatic rings. The molecule has 1 rings (SSSR count). The second kappa shape index (κ2) is 4.12. The highest BCUT2D eigenvalue weighted by molar-refractivity contribution is 6.31.